The van der Waals surface area contributed by atoms with Crippen LogP contribution in [-0.2, 0) is 4.79 Å². The molecule has 0 saturated carbocycles. The second-order valence-corrected chi connectivity index (χ2v) is 5.51. The van der Waals surface area contributed by atoms with Gasteiger partial charge >= 0.3 is 0 Å². The van der Waals surface area contributed by atoms with E-state index in [0.717, 1.165) is 17.4 Å². The number of hydrogen-bond acceptors (Lipinski definition) is 2. The molecule has 0 aliphatic carbocycles. The molecule has 17 heavy (non-hydrogen) atoms. The molecule has 4 heteroatoms. The molecule has 0 radical (unpaired) electrons. The van der Waals surface area contributed by atoms with Crippen molar-refractivity contribution in [1.29, 1.82) is 0 Å². The van der Waals surface area contributed by atoms with Gasteiger partial charge in [0, 0.05) is 29.2 Å². The largest absolute Gasteiger partial charge is 0.383 e. The van der Waals surface area contributed by atoms with Crippen molar-refractivity contribution < 1.29 is 4.79 Å². The zero-order valence-electron chi connectivity index (χ0n) is 10.1. The molecule has 1 atom stereocenters. The second kappa shape index (κ2) is 5.08. The zero-order chi connectivity index (χ0) is 12.4. The molecular formula is C13H17BrN2O. The lowest BCUT2D eigenvalue weighted by Gasteiger charge is -2.16. The summed E-state index contributed by atoms with van der Waals surface area (Å²) in [6, 6.07) is 4.47. The molecule has 0 spiro atoms. The molecule has 0 aromatic heterocycles. The molecule has 1 aliphatic heterocycles. The van der Waals surface area contributed by atoms with Gasteiger partial charge in [-0.15, -0.1) is 0 Å². The molecule has 1 amide bonds. The first-order chi connectivity index (χ1) is 8.06. The van der Waals surface area contributed by atoms with E-state index < -0.39 is 0 Å². The molecule has 3 nitrogen and oxygen atoms in total. The number of carbonyl (C=O) groups is 1. The quantitative estimate of drug-likeness (QED) is 0.900. The van der Waals surface area contributed by atoms with Gasteiger partial charge in [0.25, 0.3) is 0 Å². The van der Waals surface area contributed by atoms with Crippen LogP contribution in [0.25, 0.3) is 0 Å². The maximum atomic E-state index is 11.1. The minimum Gasteiger partial charge on any atom is -0.383 e. The summed E-state index contributed by atoms with van der Waals surface area (Å²) in [5.74, 6) is 0.168. The number of anilines is 1. The van der Waals surface area contributed by atoms with Gasteiger partial charge in [-0.1, -0.05) is 15.9 Å². The van der Waals surface area contributed by atoms with Crippen LogP contribution in [0.1, 0.15) is 24.0 Å². The van der Waals surface area contributed by atoms with Gasteiger partial charge in [0.2, 0.25) is 5.91 Å². The maximum Gasteiger partial charge on any atom is 0.220 e. The third-order valence-electron chi connectivity index (χ3n) is 3.11. The second-order valence-electron chi connectivity index (χ2n) is 4.60. The monoisotopic (exact) mass is 296 g/mol. The van der Waals surface area contributed by atoms with Crippen molar-refractivity contribution in [3.63, 3.8) is 0 Å². The van der Waals surface area contributed by atoms with Crippen LogP contribution < -0.4 is 10.6 Å². The highest BCUT2D eigenvalue weighted by Crippen LogP contribution is 2.25. The van der Waals surface area contributed by atoms with E-state index in [1.54, 1.807) is 0 Å². The fourth-order valence-corrected chi connectivity index (χ4v) is 2.93. The van der Waals surface area contributed by atoms with Crippen LogP contribution in [0.3, 0.4) is 0 Å². The number of amides is 1. The summed E-state index contributed by atoms with van der Waals surface area (Å²) in [6.07, 6.45) is 1.59. The summed E-state index contributed by atoms with van der Waals surface area (Å²) in [6.45, 7) is 4.98. The number of aryl methyl sites for hydroxylation is 2. The van der Waals surface area contributed by atoms with Crippen molar-refractivity contribution in [2.75, 3.05) is 11.9 Å². The molecular weight excluding hydrogens is 280 g/mol. The Morgan fingerprint density at radius 3 is 2.59 bits per heavy atom. The van der Waals surface area contributed by atoms with Crippen LogP contribution in [-0.4, -0.2) is 18.5 Å². The van der Waals surface area contributed by atoms with Crippen molar-refractivity contribution in [3.05, 3.63) is 27.7 Å². The number of carbonyl (C=O) groups excluding carboxylic acids is 1. The summed E-state index contributed by atoms with van der Waals surface area (Å²) >= 11 is 3.49. The highest BCUT2D eigenvalue weighted by molar-refractivity contribution is 9.10. The average Bonchev–Trinajstić information content (AvgIpc) is 2.62. The summed E-state index contributed by atoms with van der Waals surface area (Å²) in [5, 5.41) is 6.40. The predicted molar refractivity (Wildman–Crippen MR) is 73.3 cm³/mol. The lowest BCUT2D eigenvalue weighted by molar-refractivity contribution is -0.119. The van der Waals surface area contributed by atoms with E-state index in [1.165, 1.54) is 16.8 Å². The number of benzene rings is 1. The average molecular weight is 297 g/mol. The van der Waals surface area contributed by atoms with Crippen molar-refractivity contribution in [2.45, 2.75) is 32.7 Å². The first-order valence-corrected chi connectivity index (χ1v) is 6.65. The normalized spacial score (nSPS) is 19.2. The Balaban J connectivity index is 2.01. The van der Waals surface area contributed by atoms with E-state index in [-0.39, 0.29) is 11.9 Å². The van der Waals surface area contributed by atoms with Gasteiger partial charge in [-0.2, -0.15) is 0 Å². The van der Waals surface area contributed by atoms with Gasteiger partial charge in [-0.3, -0.25) is 4.79 Å². The highest BCUT2D eigenvalue weighted by Gasteiger charge is 2.20. The Labute approximate surface area is 110 Å². The van der Waals surface area contributed by atoms with E-state index >= 15 is 0 Å². The standard InChI is InChI=1S/C13H17BrN2O/c1-8-5-10(14)6-9(2)13(8)15-7-11-3-4-12(17)16-11/h5-6,11,15H,3-4,7H2,1-2H3,(H,16,17). The molecule has 2 rings (SSSR count). The fraction of sp³-hybridized carbons (Fsp3) is 0.462. The van der Waals surface area contributed by atoms with Gasteiger partial charge in [-0.05, 0) is 43.5 Å². The van der Waals surface area contributed by atoms with Crippen molar-refractivity contribution in [2.24, 2.45) is 0 Å². The van der Waals surface area contributed by atoms with Gasteiger partial charge in [-0.25, -0.2) is 0 Å². The molecule has 92 valence electrons. The van der Waals surface area contributed by atoms with Crippen molar-refractivity contribution in [3.8, 4) is 0 Å². The SMILES string of the molecule is Cc1cc(Br)cc(C)c1NCC1CCC(=O)N1. The molecule has 1 fully saturated rings. The van der Waals surface area contributed by atoms with Crippen LogP contribution in [0.2, 0.25) is 0 Å². The van der Waals surface area contributed by atoms with Gasteiger partial charge in [0.15, 0.2) is 0 Å². The third-order valence-corrected chi connectivity index (χ3v) is 3.57. The number of hydrogen-bond donors (Lipinski definition) is 2. The molecule has 1 saturated heterocycles. The Morgan fingerprint density at radius 2 is 2.06 bits per heavy atom. The smallest absolute Gasteiger partial charge is 0.220 e. The highest BCUT2D eigenvalue weighted by atomic mass is 79.9. The Hall–Kier alpha value is -1.03. The van der Waals surface area contributed by atoms with Crippen LogP contribution >= 0.6 is 15.9 Å². The Bertz CT molecular complexity index is 422. The van der Waals surface area contributed by atoms with Crippen LogP contribution in [0, 0.1) is 13.8 Å². The van der Waals surface area contributed by atoms with E-state index in [4.69, 9.17) is 0 Å². The van der Waals surface area contributed by atoms with Crippen LogP contribution in [0.4, 0.5) is 5.69 Å². The van der Waals surface area contributed by atoms with E-state index in [9.17, 15) is 4.79 Å². The van der Waals surface area contributed by atoms with Crippen LogP contribution in [0.15, 0.2) is 16.6 Å². The number of nitrogens with one attached hydrogen (secondary N) is 2. The minimum absolute atomic E-state index is 0.168. The van der Waals surface area contributed by atoms with Gasteiger partial charge in [0.1, 0.15) is 0 Å². The molecule has 1 heterocycles. The Morgan fingerprint density at radius 1 is 1.41 bits per heavy atom. The predicted octanol–water partition coefficient (Wildman–Crippen LogP) is 2.76. The molecule has 1 unspecified atom stereocenters. The van der Waals surface area contributed by atoms with E-state index in [0.29, 0.717) is 6.42 Å². The summed E-state index contributed by atoms with van der Waals surface area (Å²) in [5.41, 5.74) is 3.62. The first kappa shape index (κ1) is 12.4. The zero-order valence-corrected chi connectivity index (χ0v) is 11.7. The first-order valence-electron chi connectivity index (χ1n) is 5.86. The summed E-state index contributed by atoms with van der Waals surface area (Å²) in [7, 11) is 0. The van der Waals surface area contributed by atoms with Gasteiger partial charge in [0.05, 0.1) is 0 Å². The third kappa shape index (κ3) is 3.00. The van der Waals surface area contributed by atoms with Gasteiger partial charge < -0.3 is 10.6 Å². The molecule has 1 aromatic rings. The van der Waals surface area contributed by atoms with E-state index in [1.807, 2.05) is 0 Å². The van der Waals surface area contributed by atoms with Crippen molar-refractivity contribution in [1.82, 2.24) is 5.32 Å². The lowest BCUT2D eigenvalue weighted by atomic mass is 10.1. The molecule has 0 bridgehead atoms. The summed E-state index contributed by atoms with van der Waals surface area (Å²) in [4.78, 5) is 11.1. The maximum absolute atomic E-state index is 11.1. The number of halogens is 1. The Kier molecular flexibility index (Phi) is 3.72. The minimum atomic E-state index is 0.168. The van der Waals surface area contributed by atoms with Crippen molar-refractivity contribution >= 4 is 27.5 Å². The lowest BCUT2D eigenvalue weighted by Crippen LogP contribution is -2.32. The topological polar surface area (TPSA) is 41.1 Å². The molecule has 1 aromatic carbocycles. The fourth-order valence-electron chi connectivity index (χ4n) is 2.25. The number of rotatable bonds is 3. The molecule has 1 aliphatic rings. The van der Waals surface area contributed by atoms with Crippen LogP contribution in [0.5, 0.6) is 0 Å². The summed E-state index contributed by atoms with van der Waals surface area (Å²) < 4.78 is 1.10. The van der Waals surface area contributed by atoms with E-state index in [2.05, 4.69) is 52.5 Å². The molecule has 2 N–H and O–H groups in total.